The molecular formula is C77H152NO8P. The van der Waals surface area contributed by atoms with Gasteiger partial charge in [0, 0.05) is 19.4 Å². The summed E-state index contributed by atoms with van der Waals surface area (Å²) >= 11 is 0. The molecule has 87 heavy (non-hydrogen) atoms. The molecule has 0 aliphatic rings. The fourth-order valence-corrected chi connectivity index (χ4v) is 13.1. The van der Waals surface area contributed by atoms with Crippen LogP contribution in [0.3, 0.4) is 0 Å². The zero-order chi connectivity index (χ0) is 63.0. The van der Waals surface area contributed by atoms with Gasteiger partial charge in [-0.3, -0.25) is 18.6 Å². The topological polar surface area (TPSA) is 134 Å². The second-order valence-electron chi connectivity index (χ2n) is 26.9. The summed E-state index contributed by atoms with van der Waals surface area (Å²) in [6.07, 6.45) is 90.8. The zero-order valence-electron chi connectivity index (χ0n) is 58.6. The van der Waals surface area contributed by atoms with E-state index >= 15 is 0 Å². The van der Waals surface area contributed by atoms with Crippen molar-refractivity contribution in [3.63, 3.8) is 0 Å². The molecule has 2 atom stereocenters. The number of carbonyl (C=O) groups excluding carboxylic acids is 2. The number of phosphoric acid groups is 1. The van der Waals surface area contributed by atoms with E-state index in [-0.39, 0.29) is 38.6 Å². The number of allylic oxidation sites excluding steroid dienone is 2. The van der Waals surface area contributed by atoms with Gasteiger partial charge < -0.3 is 20.1 Å². The molecule has 0 aliphatic heterocycles. The van der Waals surface area contributed by atoms with E-state index < -0.39 is 26.5 Å². The molecule has 0 fully saturated rings. The van der Waals surface area contributed by atoms with Crippen LogP contribution >= 0.6 is 7.82 Å². The molecular weight excluding hydrogens is 1100 g/mol. The number of carbonyl (C=O) groups is 2. The van der Waals surface area contributed by atoms with Crippen LogP contribution in [-0.2, 0) is 32.7 Å². The highest BCUT2D eigenvalue weighted by Crippen LogP contribution is 2.43. The highest BCUT2D eigenvalue weighted by atomic mass is 31.2. The molecule has 0 amide bonds. The van der Waals surface area contributed by atoms with Crippen LogP contribution < -0.4 is 5.73 Å². The zero-order valence-corrected chi connectivity index (χ0v) is 59.5. The summed E-state index contributed by atoms with van der Waals surface area (Å²) in [6.45, 7) is 3.84. The number of ether oxygens (including phenoxy) is 2. The van der Waals surface area contributed by atoms with Gasteiger partial charge in [-0.05, 0) is 38.5 Å². The lowest BCUT2D eigenvalue weighted by atomic mass is 10.0. The number of nitrogens with two attached hydrogens (primary N) is 1. The summed E-state index contributed by atoms with van der Waals surface area (Å²) in [5.41, 5.74) is 5.41. The van der Waals surface area contributed by atoms with Crippen molar-refractivity contribution in [2.75, 3.05) is 26.4 Å². The third-order valence-electron chi connectivity index (χ3n) is 18.2. The molecule has 3 N–H and O–H groups in total. The Labute approximate surface area is 542 Å². The van der Waals surface area contributed by atoms with Gasteiger partial charge in [-0.2, -0.15) is 0 Å². The fourth-order valence-electron chi connectivity index (χ4n) is 12.3. The molecule has 0 saturated carbocycles. The maximum atomic E-state index is 12.8. The lowest BCUT2D eigenvalue weighted by Crippen LogP contribution is -2.29. The Morgan fingerprint density at radius 2 is 0.563 bits per heavy atom. The van der Waals surface area contributed by atoms with Crippen molar-refractivity contribution in [2.24, 2.45) is 5.73 Å². The Balaban J connectivity index is 3.70. The van der Waals surface area contributed by atoms with Gasteiger partial charge in [0.2, 0.25) is 0 Å². The van der Waals surface area contributed by atoms with Crippen LogP contribution in [0.4, 0.5) is 0 Å². The number of esters is 2. The van der Waals surface area contributed by atoms with Crippen molar-refractivity contribution in [3.05, 3.63) is 12.2 Å². The quantitative estimate of drug-likeness (QED) is 0.0264. The Kier molecular flexibility index (Phi) is 72.7. The molecule has 10 heteroatoms. The van der Waals surface area contributed by atoms with Crippen LogP contribution in [0, 0.1) is 0 Å². The molecule has 518 valence electrons. The average molecular weight is 1250 g/mol. The number of hydrogen-bond acceptors (Lipinski definition) is 8. The third-order valence-corrected chi connectivity index (χ3v) is 19.1. The van der Waals surface area contributed by atoms with Gasteiger partial charge in [-0.25, -0.2) is 4.57 Å². The van der Waals surface area contributed by atoms with Crippen molar-refractivity contribution in [1.29, 1.82) is 0 Å². The molecule has 0 aromatic heterocycles. The van der Waals surface area contributed by atoms with Gasteiger partial charge in [0.25, 0.3) is 0 Å². The molecule has 0 bridgehead atoms. The Bertz CT molecular complexity index is 1430. The third kappa shape index (κ3) is 73.7. The summed E-state index contributed by atoms with van der Waals surface area (Å²) in [6, 6.07) is 0. The lowest BCUT2D eigenvalue weighted by molar-refractivity contribution is -0.161. The highest BCUT2D eigenvalue weighted by Gasteiger charge is 2.26. The van der Waals surface area contributed by atoms with Crippen molar-refractivity contribution in [2.45, 2.75) is 444 Å². The van der Waals surface area contributed by atoms with Gasteiger partial charge in [-0.1, -0.05) is 398 Å². The monoisotopic (exact) mass is 1250 g/mol. The van der Waals surface area contributed by atoms with E-state index in [1.165, 1.54) is 372 Å². The summed E-state index contributed by atoms with van der Waals surface area (Å²) in [4.78, 5) is 35.4. The molecule has 0 rings (SSSR count). The molecule has 0 heterocycles. The van der Waals surface area contributed by atoms with Crippen molar-refractivity contribution in [3.8, 4) is 0 Å². The predicted molar refractivity (Wildman–Crippen MR) is 377 cm³/mol. The SMILES string of the molecule is CCCCCCCCCC/C=C\CCCCCCCCCCCCCCCC(=O)OC(COC(=O)CCCCCCCCCCCCCCCCCCCCCCCCCCCCCCCCCCCCCCCCCCC)COP(=O)(O)OCCN. The fraction of sp³-hybridized carbons (Fsp3) is 0.948. The Hall–Kier alpha value is -1.25. The van der Waals surface area contributed by atoms with Crippen molar-refractivity contribution in [1.82, 2.24) is 0 Å². The number of hydrogen-bond donors (Lipinski definition) is 2. The summed E-state index contributed by atoms with van der Waals surface area (Å²) in [5, 5.41) is 0. The van der Waals surface area contributed by atoms with Crippen LogP contribution in [0.15, 0.2) is 12.2 Å². The summed E-state index contributed by atoms with van der Waals surface area (Å²) < 4.78 is 33.2. The van der Waals surface area contributed by atoms with E-state index in [1.807, 2.05) is 0 Å². The first-order chi connectivity index (χ1) is 42.8. The van der Waals surface area contributed by atoms with Crippen LogP contribution in [0.25, 0.3) is 0 Å². The van der Waals surface area contributed by atoms with Crippen LogP contribution in [-0.4, -0.2) is 49.3 Å². The second-order valence-corrected chi connectivity index (χ2v) is 28.4. The average Bonchev–Trinajstić information content (AvgIpc) is 3.64. The molecule has 0 spiro atoms. The number of unbranched alkanes of at least 4 members (excludes halogenated alkanes) is 61. The molecule has 0 radical (unpaired) electrons. The van der Waals surface area contributed by atoms with Crippen LogP contribution in [0.1, 0.15) is 438 Å². The molecule has 0 aliphatic carbocycles. The minimum atomic E-state index is -4.39. The Morgan fingerprint density at radius 1 is 0.333 bits per heavy atom. The first-order valence-corrected chi connectivity index (χ1v) is 40.7. The molecule has 9 nitrogen and oxygen atoms in total. The first kappa shape index (κ1) is 85.8. The number of phosphoric ester groups is 1. The minimum absolute atomic E-state index is 0.0574. The lowest BCUT2D eigenvalue weighted by Gasteiger charge is -2.19. The van der Waals surface area contributed by atoms with E-state index in [9.17, 15) is 19.0 Å². The second kappa shape index (κ2) is 73.8. The van der Waals surface area contributed by atoms with E-state index in [4.69, 9.17) is 24.3 Å². The van der Waals surface area contributed by atoms with Crippen molar-refractivity contribution < 1.29 is 37.6 Å². The van der Waals surface area contributed by atoms with Gasteiger partial charge in [0.1, 0.15) is 6.61 Å². The first-order valence-electron chi connectivity index (χ1n) is 39.2. The van der Waals surface area contributed by atoms with E-state index in [1.54, 1.807) is 0 Å². The summed E-state index contributed by atoms with van der Waals surface area (Å²) in [5.74, 6) is -0.800. The smallest absolute Gasteiger partial charge is 0.462 e. The maximum absolute atomic E-state index is 12.8. The molecule has 0 saturated heterocycles. The Morgan fingerprint density at radius 3 is 0.816 bits per heavy atom. The standard InChI is InChI=1S/C77H152NO8P/c1-3-5-7-9-11-13-15-17-19-21-23-25-27-29-30-31-32-33-34-35-36-37-38-39-40-41-42-43-44-46-47-49-51-53-55-57-59-61-63-65-67-69-76(79)83-73-75(74-85-87(81,82)84-72-71-78)86-77(80)70-68-66-64-62-60-58-56-54-52-50-48-45-28-26-24-22-20-18-16-14-12-10-8-6-4-2/h22,24,75H,3-21,23,25-74,78H2,1-2H3,(H,81,82)/b24-22-. The van der Waals surface area contributed by atoms with Gasteiger partial charge in [0.05, 0.1) is 13.2 Å². The van der Waals surface area contributed by atoms with Gasteiger partial charge in [0.15, 0.2) is 6.10 Å². The van der Waals surface area contributed by atoms with Crippen LogP contribution in [0.5, 0.6) is 0 Å². The normalized spacial score (nSPS) is 12.8. The summed E-state index contributed by atoms with van der Waals surface area (Å²) in [7, 11) is -4.39. The maximum Gasteiger partial charge on any atom is 0.472 e. The highest BCUT2D eigenvalue weighted by molar-refractivity contribution is 7.47. The van der Waals surface area contributed by atoms with E-state index in [2.05, 4.69) is 26.0 Å². The molecule has 0 aromatic rings. The minimum Gasteiger partial charge on any atom is -0.462 e. The van der Waals surface area contributed by atoms with Crippen molar-refractivity contribution >= 4 is 19.8 Å². The van der Waals surface area contributed by atoms with E-state index in [0.717, 1.165) is 32.1 Å². The van der Waals surface area contributed by atoms with Gasteiger partial charge >= 0.3 is 19.8 Å². The van der Waals surface area contributed by atoms with Gasteiger partial charge in [-0.15, -0.1) is 0 Å². The largest absolute Gasteiger partial charge is 0.472 e. The van der Waals surface area contributed by atoms with E-state index in [0.29, 0.717) is 6.42 Å². The predicted octanol–water partition coefficient (Wildman–Crippen LogP) is 25.9. The molecule has 0 aromatic carbocycles. The van der Waals surface area contributed by atoms with Crippen LogP contribution in [0.2, 0.25) is 0 Å². The molecule has 2 unspecified atom stereocenters. The number of rotatable bonds is 76.